The normalized spacial score (nSPS) is 18.8. The van der Waals surface area contributed by atoms with Crippen molar-refractivity contribution in [2.45, 2.75) is 25.2 Å². The molecule has 18 heavy (non-hydrogen) atoms. The zero-order valence-electron chi connectivity index (χ0n) is 10.5. The number of rotatable bonds is 2. The number of thioether (sulfide) groups is 1. The summed E-state index contributed by atoms with van der Waals surface area (Å²) in [6.07, 6.45) is 2.68. The van der Waals surface area contributed by atoms with E-state index < -0.39 is 0 Å². The van der Waals surface area contributed by atoms with E-state index in [0.29, 0.717) is 0 Å². The summed E-state index contributed by atoms with van der Waals surface area (Å²) in [7, 11) is 0. The number of ketones is 1. The van der Waals surface area contributed by atoms with Gasteiger partial charge in [0.15, 0.2) is 5.78 Å². The molecule has 0 bridgehead atoms. The molecule has 0 spiro atoms. The van der Waals surface area contributed by atoms with Gasteiger partial charge in [0.05, 0.1) is 17.3 Å². The molecule has 0 aromatic heterocycles. The predicted molar refractivity (Wildman–Crippen MR) is 73.3 cm³/mol. The van der Waals surface area contributed by atoms with Gasteiger partial charge in [-0.15, -0.1) is 0 Å². The Labute approximate surface area is 111 Å². The monoisotopic (exact) mass is 261 g/mol. The molecule has 0 amide bonds. The van der Waals surface area contributed by atoms with Crippen molar-refractivity contribution in [3.05, 3.63) is 28.8 Å². The third-order valence-corrected chi connectivity index (χ3v) is 4.30. The molecule has 3 nitrogen and oxygen atoms in total. The van der Waals surface area contributed by atoms with Crippen LogP contribution < -0.4 is 9.64 Å². The SMILES string of the molecule is CCN1/C(=C/C(C)=O)Sc2ccc3c(c21)CCO3. The van der Waals surface area contributed by atoms with E-state index in [0.717, 1.165) is 30.4 Å². The summed E-state index contributed by atoms with van der Waals surface area (Å²) in [5, 5.41) is 1.03. The maximum atomic E-state index is 11.3. The molecule has 0 atom stereocenters. The van der Waals surface area contributed by atoms with E-state index in [2.05, 4.69) is 17.9 Å². The highest BCUT2D eigenvalue weighted by atomic mass is 32.2. The van der Waals surface area contributed by atoms with Crippen LogP contribution in [0.3, 0.4) is 0 Å². The molecule has 1 aromatic rings. The van der Waals surface area contributed by atoms with Gasteiger partial charge in [0.1, 0.15) is 5.75 Å². The van der Waals surface area contributed by atoms with E-state index in [1.807, 2.05) is 6.07 Å². The maximum Gasteiger partial charge on any atom is 0.155 e. The molecule has 0 radical (unpaired) electrons. The van der Waals surface area contributed by atoms with Crippen molar-refractivity contribution in [2.24, 2.45) is 0 Å². The van der Waals surface area contributed by atoms with Crippen molar-refractivity contribution in [1.29, 1.82) is 0 Å². The number of benzene rings is 1. The van der Waals surface area contributed by atoms with E-state index in [-0.39, 0.29) is 5.78 Å². The number of anilines is 1. The molecule has 2 aliphatic rings. The molecule has 4 heteroatoms. The van der Waals surface area contributed by atoms with Crippen LogP contribution in [-0.2, 0) is 11.2 Å². The average Bonchev–Trinajstić information content (AvgIpc) is 2.89. The van der Waals surface area contributed by atoms with Gasteiger partial charge in [-0.2, -0.15) is 0 Å². The first-order chi connectivity index (χ1) is 8.70. The van der Waals surface area contributed by atoms with Gasteiger partial charge in [0.25, 0.3) is 0 Å². The predicted octanol–water partition coefficient (Wildman–Crippen LogP) is 2.98. The quantitative estimate of drug-likeness (QED) is 0.765. The minimum absolute atomic E-state index is 0.0941. The molecule has 94 valence electrons. The number of carbonyl (C=O) groups is 1. The van der Waals surface area contributed by atoms with E-state index in [4.69, 9.17) is 4.74 Å². The summed E-state index contributed by atoms with van der Waals surface area (Å²) in [5.74, 6) is 1.09. The second-order valence-corrected chi connectivity index (χ2v) is 5.49. The van der Waals surface area contributed by atoms with E-state index in [1.54, 1.807) is 24.8 Å². The number of hydrogen-bond acceptors (Lipinski definition) is 4. The third kappa shape index (κ3) is 1.72. The highest BCUT2D eigenvalue weighted by Gasteiger charge is 2.30. The van der Waals surface area contributed by atoms with E-state index in [9.17, 15) is 4.79 Å². The number of carbonyl (C=O) groups excluding carboxylic acids is 1. The van der Waals surface area contributed by atoms with E-state index in [1.165, 1.54) is 16.1 Å². The van der Waals surface area contributed by atoms with Crippen LogP contribution in [0, 0.1) is 0 Å². The van der Waals surface area contributed by atoms with Gasteiger partial charge in [-0.25, -0.2) is 0 Å². The minimum Gasteiger partial charge on any atom is -0.493 e. The Hall–Kier alpha value is -1.42. The van der Waals surface area contributed by atoms with Gasteiger partial charge < -0.3 is 9.64 Å². The Bertz CT molecular complexity index is 551. The molecule has 0 N–H and O–H groups in total. The molecule has 0 saturated carbocycles. The molecule has 2 heterocycles. The fourth-order valence-electron chi connectivity index (χ4n) is 2.49. The summed E-state index contributed by atoms with van der Waals surface area (Å²) in [6, 6.07) is 4.13. The Morgan fingerprint density at radius 2 is 2.39 bits per heavy atom. The molecular formula is C14H15NO2S. The van der Waals surface area contributed by atoms with Crippen LogP contribution in [0.25, 0.3) is 0 Å². The van der Waals surface area contributed by atoms with Crippen molar-refractivity contribution in [2.75, 3.05) is 18.1 Å². The van der Waals surface area contributed by atoms with Crippen molar-refractivity contribution in [1.82, 2.24) is 0 Å². The number of hydrogen-bond donors (Lipinski definition) is 0. The Morgan fingerprint density at radius 1 is 1.56 bits per heavy atom. The van der Waals surface area contributed by atoms with Gasteiger partial charge in [-0.05, 0) is 26.0 Å². The Morgan fingerprint density at radius 3 is 3.11 bits per heavy atom. The van der Waals surface area contributed by atoms with Crippen molar-refractivity contribution in [3.8, 4) is 5.75 Å². The fourth-order valence-corrected chi connectivity index (χ4v) is 3.73. The number of allylic oxidation sites excluding steroid dienone is 1. The third-order valence-electron chi connectivity index (χ3n) is 3.21. The van der Waals surface area contributed by atoms with Gasteiger partial charge in [0.2, 0.25) is 0 Å². The second kappa shape index (κ2) is 4.35. The topological polar surface area (TPSA) is 29.5 Å². The van der Waals surface area contributed by atoms with Crippen molar-refractivity contribution >= 4 is 23.2 Å². The highest BCUT2D eigenvalue weighted by molar-refractivity contribution is 8.03. The summed E-state index contributed by atoms with van der Waals surface area (Å²) < 4.78 is 5.61. The fraction of sp³-hybridized carbons (Fsp3) is 0.357. The van der Waals surface area contributed by atoms with Gasteiger partial charge in [-0.1, -0.05) is 11.8 Å². The molecule has 0 saturated heterocycles. The maximum absolute atomic E-state index is 11.3. The number of nitrogens with zero attached hydrogens (tertiary/aromatic N) is 1. The van der Waals surface area contributed by atoms with Crippen LogP contribution in [0.5, 0.6) is 5.75 Å². The minimum atomic E-state index is 0.0941. The van der Waals surface area contributed by atoms with Crippen molar-refractivity contribution < 1.29 is 9.53 Å². The van der Waals surface area contributed by atoms with Crippen LogP contribution >= 0.6 is 11.8 Å². The van der Waals surface area contributed by atoms with Crippen LogP contribution in [0.15, 0.2) is 28.1 Å². The largest absolute Gasteiger partial charge is 0.493 e. The van der Waals surface area contributed by atoms with Gasteiger partial charge in [0, 0.05) is 29.5 Å². The first kappa shape index (κ1) is 11.7. The molecule has 1 aromatic carbocycles. The lowest BCUT2D eigenvalue weighted by Crippen LogP contribution is -2.18. The highest BCUT2D eigenvalue weighted by Crippen LogP contribution is 2.51. The standard InChI is InChI=1S/C14H15NO2S/c1-3-15-13(8-9(2)16)18-12-5-4-11-10(14(12)15)6-7-17-11/h4-5,8H,3,6-7H2,1-2H3/b13-8-. The van der Waals surface area contributed by atoms with Crippen LogP contribution in [0.1, 0.15) is 19.4 Å². The van der Waals surface area contributed by atoms with Gasteiger partial charge in [-0.3, -0.25) is 4.79 Å². The summed E-state index contributed by atoms with van der Waals surface area (Å²) in [5.41, 5.74) is 2.53. The Balaban J connectivity index is 2.11. The average molecular weight is 261 g/mol. The molecule has 0 unspecified atom stereocenters. The van der Waals surface area contributed by atoms with Crippen LogP contribution in [0.4, 0.5) is 5.69 Å². The lowest BCUT2D eigenvalue weighted by molar-refractivity contribution is -0.112. The first-order valence-electron chi connectivity index (χ1n) is 6.17. The first-order valence-corrected chi connectivity index (χ1v) is 6.98. The number of ether oxygens (including phenoxy) is 1. The second-order valence-electron chi connectivity index (χ2n) is 4.43. The zero-order valence-corrected chi connectivity index (χ0v) is 11.3. The number of fused-ring (bicyclic) bond motifs is 3. The van der Waals surface area contributed by atoms with Crippen molar-refractivity contribution in [3.63, 3.8) is 0 Å². The molecule has 2 aliphatic heterocycles. The molecular weight excluding hydrogens is 246 g/mol. The van der Waals surface area contributed by atoms with Crippen LogP contribution in [0.2, 0.25) is 0 Å². The lowest BCUT2D eigenvalue weighted by Gasteiger charge is -2.19. The molecule has 0 fully saturated rings. The summed E-state index contributed by atoms with van der Waals surface area (Å²) >= 11 is 1.67. The van der Waals surface area contributed by atoms with Gasteiger partial charge >= 0.3 is 0 Å². The Kier molecular flexibility index (Phi) is 2.82. The smallest absolute Gasteiger partial charge is 0.155 e. The molecule has 3 rings (SSSR count). The molecule has 0 aliphatic carbocycles. The lowest BCUT2D eigenvalue weighted by atomic mass is 10.1. The van der Waals surface area contributed by atoms with Crippen LogP contribution in [-0.4, -0.2) is 18.9 Å². The zero-order chi connectivity index (χ0) is 12.7. The summed E-state index contributed by atoms with van der Waals surface area (Å²) in [4.78, 5) is 14.8. The summed E-state index contributed by atoms with van der Waals surface area (Å²) in [6.45, 7) is 5.34. The van der Waals surface area contributed by atoms with E-state index >= 15 is 0 Å².